The molecule has 0 aliphatic rings. The van der Waals surface area contributed by atoms with E-state index in [0.29, 0.717) is 22.4 Å². The number of benzene rings is 1. The Bertz CT molecular complexity index is 1310. The van der Waals surface area contributed by atoms with Crippen molar-refractivity contribution >= 4 is 29.3 Å². The second-order valence-corrected chi connectivity index (χ2v) is 8.72. The van der Waals surface area contributed by atoms with E-state index in [2.05, 4.69) is 20.6 Å². The molecule has 34 heavy (non-hydrogen) atoms. The Morgan fingerprint density at radius 1 is 1.12 bits per heavy atom. The molecule has 0 saturated carbocycles. The van der Waals surface area contributed by atoms with E-state index >= 15 is 0 Å². The average Bonchev–Trinajstić information content (AvgIpc) is 3.53. The Hall–Kier alpha value is -3.86. The van der Waals surface area contributed by atoms with E-state index in [1.807, 2.05) is 49.7 Å². The first-order valence-electron chi connectivity index (χ1n) is 10.6. The Labute approximate surface area is 200 Å². The van der Waals surface area contributed by atoms with Crippen LogP contribution in [-0.2, 0) is 16.1 Å². The highest BCUT2D eigenvalue weighted by atomic mass is 32.2. The van der Waals surface area contributed by atoms with Crippen molar-refractivity contribution in [1.29, 1.82) is 0 Å². The summed E-state index contributed by atoms with van der Waals surface area (Å²) in [6.07, 6.45) is 1.65. The molecule has 3 aromatic heterocycles. The van der Waals surface area contributed by atoms with Crippen LogP contribution in [0.4, 0.5) is 5.69 Å². The third-order valence-electron chi connectivity index (χ3n) is 5.21. The van der Waals surface area contributed by atoms with E-state index in [4.69, 9.17) is 10.2 Å². The number of nitrogens with two attached hydrogens (primary N) is 1. The Kier molecular flexibility index (Phi) is 6.82. The number of carbonyl (C=O) groups excluding carboxylic acids is 2. The molecule has 0 atom stereocenters. The van der Waals surface area contributed by atoms with Gasteiger partial charge in [0, 0.05) is 13.0 Å². The van der Waals surface area contributed by atoms with E-state index in [-0.39, 0.29) is 24.6 Å². The molecular weight excluding hydrogens is 454 g/mol. The monoisotopic (exact) mass is 479 g/mol. The molecule has 11 heteroatoms. The summed E-state index contributed by atoms with van der Waals surface area (Å²) in [6.45, 7) is 6.08. The van der Waals surface area contributed by atoms with Crippen LogP contribution in [0, 0.1) is 20.8 Å². The summed E-state index contributed by atoms with van der Waals surface area (Å²) >= 11 is 1.22. The molecule has 1 aromatic carbocycles. The predicted molar refractivity (Wildman–Crippen MR) is 129 cm³/mol. The average molecular weight is 480 g/mol. The van der Waals surface area contributed by atoms with Crippen LogP contribution in [0.1, 0.15) is 23.4 Å². The van der Waals surface area contributed by atoms with Crippen LogP contribution in [-0.4, -0.2) is 42.1 Å². The number of carbonyl (C=O) groups is 2. The van der Waals surface area contributed by atoms with Crippen molar-refractivity contribution in [1.82, 2.24) is 24.5 Å². The van der Waals surface area contributed by atoms with Gasteiger partial charge in [0.2, 0.25) is 11.8 Å². The summed E-state index contributed by atoms with van der Waals surface area (Å²) in [5.41, 5.74) is 9.65. The van der Waals surface area contributed by atoms with Gasteiger partial charge >= 0.3 is 0 Å². The molecule has 10 nitrogen and oxygen atoms in total. The zero-order valence-corrected chi connectivity index (χ0v) is 19.9. The first-order valence-corrected chi connectivity index (χ1v) is 11.6. The maximum atomic E-state index is 12.8. The van der Waals surface area contributed by atoms with Crippen LogP contribution in [0.25, 0.3) is 17.3 Å². The summed E-state index contributed by atoms with van der Waals surface area (Å²) in [4.78, 5) is 24.1. The van der Waals surface area contributed by atoms with Gasteiger partial charge in [-0.1, -0.05) is 29.5 Å². The molecule has 2 amide bonds. The van der Waals surface area contributed by atoms with Crippen molar-refractivity contribution in [3.63, 3.8) is 0 Å². The van der Waals surface area contributed by atoms with Crippen molar-refractivity contribution in [2.75, 3.05) is 11.1 Å². The molecule has 0 saturated heterocycles. The number of nitrogens with zero attached hydrogens (tertiary/aromatic N) is 5. The number of aryl methyl sites for hydroxylation is 2. The third-order valence-corrected chi connectivity index (χ3v) is 6.17. The van der Waals surface area contributed by atoms with Gasteiger partial charge in [-0.2, -0.15) is 5.10 Å². The standard InChI is InChI=1S/C23H25N7O3S/c1-14-6-8-17(9-7-14)30-16(3)21(15(2)28-30)25-20(32)13-34-23-27-26-22(18-5-4-12-33-18)29(23)11-10-19(24)31/h4-9,12H,10-11,13H2,1-3H3,(H2,24,31)(H,25,32). The normalized spacial score (nSPS) is 11.0. The first kappa shape index (κ1) is 23.3. The second-order valence-electron chi connectivity index (χ2n) is 7.78. The highest BCUT2D eigenvalue weighted by Gasteiger charge is 2.19. The quantitative estimate of drug-likeness (QED) is 0.352. The van der Waals surface area contributed by atoms with Gasteiger partial charge in [0.15, 0.2) is 16.7 Å². The van der Waals surface area contributed by atoms with Crippen molar-refractivity contribution in [2.24, 2.45) is 5.73 Å². The molecule has 0 bridgehead atoms. The lowest BCUT2D eigenvalue weighted by molar-refractivity contribution is -0.118. The summed E-state index contributed by atoms with van der Waals surface area (Å²) in [6, 6.07) is 11.5. The number of amides is 2. The predicted octanol–water partition coefficient (Wildman–Crippen LogP) is 3.26. The third kappa shape index (κ3) is 5.04. The highest BCUT2D eigenvalue weighted by molar-refractivity contribution is 7.99. The zero-order chi connectivity index (χ0) is 24.2. The van der Waals surface area contributed by atoms with Crippen LogP contribution in [0.3, 0.4) is 0 Å². The minimum Gasteiger partial charge on any atom is -0.461 e. The van der Waals surface area contributed by atoms with Gasteiger partial charge in [-0.3, -0.25) is 14.2 Å². The van der Waals surface area contributed by atoms with Gasteiger partial charge in [-0.05, 0) is 45.0 Å². The Morgan fingerprint density at radius 2 is 1.88 bits per heavy atom. The van der Waals surface area contributed by atoms with Gasteiger partial charge in [0.25, 0.3) is 0 Å². The summed E-state index contributed by atoms with van der Waals surface area (Å²) in [5, 5.41) is 16.4. The van der Waals surface area contributed by atoms with Gasteiger partial charge in [-0.25, -0.2) is 4.68 Å². The molecule has 0 aliphatic carbocycles. The largest absolute Gasteiger partial charge is 0.461 e. The van der Waals surface area contributed by atoms with Crippen LogP contribution >= 0.6 is 11.8 Å². The number of primary amides is 1. The van der Waals surface area contributed by atoms with Crippen LogP contribution in [0.15, 0.2) is 52.2 Å². The minimum absolute atomic E-state index is 0.0987. The fourth-order valence-corrected chi connectivity index (χ4v) is 4.24. The highest BCUT2D eigenvalue weighted by Crippen LogP contribution is 2.26. The fraction of sp³-hybridized carbons (Fsp3) is 0.261. The maximum absolute atomic E-state index is 12.8. The molecule has 3 N–H and O–H groups in total. The van der Waals surface area contributed by atoms with Gasteiger partial charge in [-0.15, -0.1) is 10.2 Å². The van der Waals surface area contributed by atoms with Crippen molar-refractivity contribution < 1.29 is 14.0 Å². The molecule has 4 aromatic rings. The number of aromatic nitrogens is 5. The molecule has 0 radical (unpaired) electrons. The number of rotatable bonds is 9. The van der Waals surface area contributed by atoms with E-state index in [1.54, 1.807) is 16.7 Å². The van der Waals surface area contributed by atoms with Crippen molar-refractivity contribution in [3.8, 4) is 17.3 Å². The minimum atomic E-state index is -0.440. The van der Waals surface area contributed by atoms with Crippen LogP contribution in [0.5, 0.6) is 0 Å². The molecular formula is C23H25N7O3S. The molecule has 4 rings (SSSR count). The summed E-state index contributed by atoms with van der Waals surface area (Å²) in [7, 11) is 0. The molecule has 0 aliphatic heterocycles. The summed E-state index contributed by atoms with van der Waals surface area (Å²) < 4.78 is 8.96. The maximum Gasteiger partial charge on any atom is 0.234 e. The van der Waals surface area contributed by atoms with Crippen molar-refractivity contribution in [3.05, 3.63) is 59.6 Å². The van der Waals surface area contributed by atoms with Crippen LogP contribution < -0.4 is 11.1 Å². The first-order chi connectivity index (χ1) is 16.3. The SMILES string of the molecule is Cc1ccc(-n2nc(C)c(NC(=O)CSc3nnc(-c4ccco4)n3CCC(N)=O)c2C)cc1. The number of nitrogens with one attached hydrogen (secondary N) is 1. The van der Waals surface area contributed by atoms with E-state index in [0.717, 1.165) is 22.6 Å². The topological polar surface area (TPSA) is 134 Å². The number of thioether (sulfide) groups is 1. The molecule has 3 heterocycles. The number of hydrogen-bond acceptors (Lipinski definition) is 7. The van der Waals surface area contributed by atoms with Crippen LogP contribution in [0.2, 0.25) is 0 Å². The second kappa shape index (κ2) is 9.96. The zero-order valence-electron chi connectivity index (χ0n) is 19.1. The molecule has 0 fully saturated rings. The Balaban J connectivity index is 1.47. The lowest BCUT2D eigenvalue weighted by atomic mass is 10.2. The lowest BCUT2D eigenvalue weighted by Crippen LogP contribution is -2.17. The summed E-state index contributed by atoms with van der Waals surface area (Å²) in [5.74, 6) is 0.442. The van der Waals surface area contributed by atoms with Crippen molar-refractivity contribution in [2.45, 2.75) is 38.9 Å². The molecule has 0 unspecified atom stereocenters. The van der Waals surface area contributed by atoms with E-state index in [1.165, 1.54) is 18.0 Å². The van der Waals surface area contributed by atoms with Gasteiger partial charge < -0.3 is 15.5 Å². The number of anilines is 1. The van der Waals surface area contributed by atoms with Gasteiger partial charge in [0.05, 0.1) is 34.8 Å². The fourth-order valence-electron chi connectivity index (χ4n) is 3.47. The van der Waals surface area contributed by atoms with E-state index in [9.17, 15) is 9.59 Å². The Morgan fingerprint density at radius 3 is 2.56 bits per heavy atom. The van der Waals surface area contributed by atoms with E-state index < -0.39 is 5.91 Å². The van der Waals surface area contributed by atoms with Gasteiger partial charge in [0.1, 0.15) is 0 Å². The molecule has 176 valence electrons. The number of furan rings is 1. The smallest absolute Gasteiger partial charge is 0.234 e. The number of hydrogen-bond donors (Lipinski definition) is 2. The lowest BCUT2D eigenvalue weighted by Gasteiger charge is -2.09. The molecule has 0 spiro atoms.